The molecule has 0 heterocycles. The van der Waals surface area contributed by atoms with Crippen molar-refractivity contribution in [3.63, 3.8) is 0 Å². The van der Waals surface area contributed by atoms with E-state index in [1.54, 1.807) is 13.0 Å². The molecule has 78 valence electrons. The summed E-state index contributed by atoms with van der Waals surface area (Å²) in [5.41, 5.74) is 1.10. The van der Waals surface area contributed by atoms with Gasteiger partial charge in [0.05, 0.1) is 23.5 Å². The summed E-state index contributed by atoms with van der Waals surface area (Å²) >= 11 is 0. The van der Waals surface area contributed by atoms with Gasteiger partial charge in [0.2, 0.25) is 0 Å². The highest BCUT2D eigenvalue weighted by molar-refractivity contribution is 5.40. The number of aliphatic hydroxyl groups is 1. The van der Waals surface area contributed by atoms with E-state index in [-0.39, 0.29) is 12.1 Å². The number of hydrogen-bond acceptors (Lipinski definition) is 4. The highest BCUT2D eigenvalue weighted by atomic mass is 16.6. The summed E-state index contributed by atoms with van der Waals surface area (Å²) in [7, 11) is 0. The number of benzene rings is 1. The third kappa shape index (κ3) is 2.51. The molecule has 5 nitrogen and oxygen atoms in total. The Bertz CT molecular complexity index is 423. The average Bonchev–Trinajstić information content (AvgIpc) is 2.18. The SMILES string of the molecule is Cc1ccc([N+](=O)[O-])cc1C(O)CC#N. The van der Waals surface area contributed by atoms with Crippen LogP contribution in [0.15, 0.2) is 18.2 Å². The summed E-state index contributed by atoms with van der Waals surface area (Å²) in [4.78, 5) is 9.98. The van der Waals surface area contributed by atoms with E-state index in [1.807, 2.05) is 6.07 Å². The Kier molecular flexibility index (Phi) is 3.37. The lowest BCUT2D eigenvalue weighted by molar-refractivity contribution is -0.385. The van der Waals surface area contributed by atoms with Gasteiger partial charge in [-0.15, -0.1) is 0 Å². The Balaban J connectivity index is 3.11. The molecule has 0 aromatic heterocycles. The molecule has 0 amide bonds. The van der Waals surface area contributed by atoms with E-state index in [0.29, 0.717) is 5.56 Å². The molecule has 1 aromatic rings. The second kappa shape index (κ2) is 4.53. The Labute approximate surface area is 86.7 Å². The van der Waals surface area contributed by atoms with Crippen LogP contribution < -0.4 is 0 Å². The Morgan fingerprint density at radius 3 is 2.87 bits per heavy atom. The minimum Gasteiger partial charge on any atom is -0.387 e. The molecule has 0 saturated heterocycles. The van der Waals surface area contributed by atoms with Gasteiger partial charge < -0.3 is 5.11 Å². The van der Waals surface area contributed by atoms with Crippen LogP contribution in [0.2, 0.25) is 0 Å². The van der Waals surface area contributed by atoms with Crippen LogP contribution in [0.4, 0.5) is 5.69 Å². The van der Waals surface area contributed by atoms with E-state index in [2.05, 4.69) is 0 Å². The van der Waals surface area contributed by atoms with Crippen molar-refractivity contribution < 1.29 is 10.0 Å². The predicted molar refractivity (Wildman–Crippen MR) is 53.0 cm³/mol. The average molecular weight is 206 g/mol. The third-order valence-corrected chi connectivity index (χ3v) is 2.12. The van der Waals surface area contributed by atoms with Crippen LogP contribution >= 0.6 is 0 Å². The first-order valence-corrected chi connectivity index (χ1v) is 4.36. The molecule has 1 N–H and O–H groups in total. The maximum Gasteiger partial charge on any atom is 0.269 e. The van der Waals surface area contributed by atoms with E-state index < -0.39 is 11.0 Å². The number of aryl methyl sites for hydroxylation is 1. The molecule has 1 rings (SSSR count). The quantitative estimate of drug-likeness (QED) is 0.603. The number of aliphatic hydroxyl groups excluding tert-OH is 1. The normalized spacial score (nSPS) is 11.8. The van der Waals surface area contributed by atoms with Gasteiger partial charge in [0.25, 0.3) is 5.69 Å². The first kappa shape index (κ1) is 11.1. The monoisotopic (exact) mass is 206 g/mol. The highest BCUT2D eigenvalue weighted by Crippen LogP contribution is 2.24. The topological polar surface area (TPSA) is 87.2 Å². The van der Waals surface area contributed by atoms with Crippen molar-refractivity contribution in [1.82, 2.24) is 0 Å². The lowest BCUT2D eigenvalue weighted by Gasteiger charge is -2.09. The number of nitriles is 1. The molecule has 1 aromatic carbocycles. The maximum atomic E-state index is 10.5. The van der Waals surface area contributed by atoms with E-state index in [9.17, 15) is 15.2 Å². The zero-order chi connectivity index (χ0) is 11.4. The van der Waals surface area contributed by atoms with Gasteiger partial charge in [0.1, 0.15) is 0 Å². The first-order chi connectivity index (χ1) is 7.06. The van der Waals surface area contributed by atoms with Crippen molar-refractivity contribution in [2.45, 2.75) is 19.4 Å². The van der Waals surface area contributed by atoms with Crippen LogP contribution in [0.5, 0.6) is 0 Å². The van der Waals surface area contributed by atoms with E-state index in [4.69, 9.17) is 5.26 Å². The molecule has 1 unspecified atom stereocenters. The van der Waals surface area contributed by atoms with Crippen LogP contribution in [0.1, 0.15) is 23.7 Å². The molecule has 0 bridgehead atoms. The van der Waals surface area contributed by atoms with Crippen LogP contribution in [-0.4, -0.2) is 10.0 Å². The molecule has 0 radical (unpaired) electrons. The summed E-state index contributed by atoms with van der Waals surface area (Å²) < 4.78 is 0. The molecular formula is C10H10N2O3. The lowest BCUT2D eigenvalue weighted by atomic mass is 10.0. The number of rotatable bonds is 3. The van der Waals surface area contributed by atoms with Crippen molar-refractivity contribution >= 4 is 5.69 Å². The van der Waals surface area contributed by atoms with Gasteiger partial charge in [-0.25, -0.2) is 0 Å². The van der Waals surface area contributed by atoms with Crippen LogP contribution in [-0.2, 0) is 0 Å². The molecule has 0 aliphatic heterocycles. The molecule has 0 aliphatic rings. The smallest absolute Gasteiger partial charge is 0.269 e. The third-order valence-electron chi connectivity index (χ3n) is 2.12. The number of non-ortho nitro benzene ring substituents is 1. The minimum atomic E-state index is -0.963. The van der Waals surface area contributed by atoms with Crippen LogP contribution in [0.3, 0.4) is 0 Å². The molecule has 5 heteroatoms. The van der Waals surface area contributed by atoms with Gasteiger partial charge >= 0.3 is 0 Å². The second-order valence-electron chi connectivity index (χ2n) is 3.18. The highest BCUT2D eigenvalue weighted by Gasteiger charge is 2.14. The first-order valence-electron chi connectivity index (χ1n) is 4.36. The van der Waals surface area contributed by atoms with E-state index >= 15 is 0 Å². The van der Waals surface area contributed by atoms with Gasteiger partial charge in [-0.05, 0) is 18.1 Å². The molecule has 0 aliphatic carbocycles. The molecule has 15 heavy (non-hydrogen) atoms. The van der Waals surface area contributed by atoms with Crippen LogP contribution in [0, 0.1) is 28.4 Å². The zero-order valence-electron chi connectivity index (χ0n) is 8.17. The second-order valence-corrected chi connectivity index (χ2v) is 3.18. The number of nitrogens with zero attached hydrogens (tertiary/aromatic N) is 2. The standard InChI is InChI=1S/C10H10N2O3/c1-7-2-3-8(12(14)15)6-9(7)10(13)4-5-11/h2-3,6,10,13H,4H2,1H3. The minimum absolute atomic E-state index is 0.0675. The summed E-state index contributed by atoms with van der Waals surface area (Å²) in [5, 5.41) is 28.5. The fourth-order valence-corrected chi connectivity index (χ4v) is 1.30. The van der Waals surface area contributed by atoms with Gasteiger partial charge in [-0.2, -0.15) is 5.26 Å². The maximum absolute atomic E-state index is 10.5. The fraction of sp³-hybridized carbons (Fsp3) is 0.300. The summed E-state index contributed by atoms with van der Waals surface area (Å²) in [6, 6.07) is 6.06. The molecule has 0 fully saturated rings. The summed E-state index contributed by atoms with van der Waals surface area (Å²) in [6.07, 6.45) is -1.03. The lowest BCUT2D eigenvalue weighted by Crippen LogP contribution is -2.00. The number of nitro groups is 1. The zero-order valence-corrected chi connectivity index (χ0v) is 8.17. The number of nitro benzene ring substituents is 1. The summed E-state index contributed by atoms with van der Waals surface area (Å²) in [6.45, 7) is 1.74. The molecule has 0 saturated carbocycles. The Morgan fingerprint density at radius 2 is 2.33 bits per heavy atom. The summed E-state index contributed by atoms with van der Waals surface area (Å²) in [5.74, 6) is 0. The molecule has 0 spiro atoms. The van der Waals surface area contributed by atoms with Crippen molar-refractivity contribution in [1.29, 1.82) is 5.26 Å². The van der Waals surface area contributed by atoms with Gasteiger partial charge in [0.15, 0.2) is 0 Å². The van der Waals surface area contributed by atoms with Gasteiger partial charge in [-0.3, -0.25) is 10.1 Å². The van der Waals surface area contributed by atoms with E-state index in [0.717, 1.165) is 5.56 Å². The van der Waals surface area contributed by atoms with Gasteiger partial charge in [-0.1, -0.05) is 6.07 Å². The fourth-order valence-electron chi connectivity index (χ4n) is 1.30. The predicted octanol–water partition coefficient (Wildman–Crippen LogP) is 1.85. The van der Waals surface area contributed by atoms with Crippen molar-refractivity contribution in [2.75, 3.05) is 0 Å². The molecule has 1 atom stereocenters. The Morgan fingerprint density at radius 1 is 1.67 bits per heavy atom. The molecular weight excluding hydrogens is 196 g/mol. The van der Waals surface area contributed by atoms with Crippen molar-refractivity contribution in [3.05, 3.63) is 39.4 Å². The number of hydrogen-bond donors (Lipinski definition) is 1. The van der Waals surface area contributed by atoms with Gasteiger partial charge in [0, 0.05) is 12.1 Å². The van der Waals surface area contributed by atoms with E-state index in [1.165, 1.54) is 12.1 Å². The largest absolute Gasteiger partial charge is 0.387 e. The Hall–Kier alpha value is -1.93. The van der Waals surface area contributed by atoms with Crippen molar-refractivity contribution in [3.8, 4) is 6.07 Å². The van der Waals surface area contributed by atoms with Crippen LogP contribution in [0.25, 0.3) is 0 Å². The van der Waals surface area contributed by atoms with Crippen molar-refractivity contribution in [2.24, 2.45) is 0 Å².